The van der Waals surface area contributed by atoms with Gasteiger partial charge in [0.25, 0.3) is 0 Å². The highest BCUT2D eigenvalue weighted by Crippen LogP contribution is 2.80. The average molecular weight is 714 g/mol. The average Bonchev–Trinajstić information content (AvgIpc) is 3.31. The molecule has 12 atom stereocenters. The Balaban J connectivity index is 1.56. The summed E-state index contributed by atoms with van der Waals surface area (Å²) in [5, 5.41) is 0. The summed E-state index contributed by atoms with van der Waals surface area (Å²) in [4.78, 5) is 55.4. The number of cyclic esters (lactones) is 2. The number of ether oxygens (including phenoxy) is 6. The molecular formula is C35H53BrO10. The van der Waals surface area contributed by atoms with Crippen LogP contribution in [0.15, 0.2) is 0 Å². The Morgan fingerprint density at radius 2 is 1.24 bits per heavy atom. The van der Waals surface area contributed by atoms with Crippen molar-refractivity contribution < 1.29 is 47.6 Å². The molecule has 2 unspecified atom stereocenters. The van der Waals surface area contributed by atoms with Crippen LogP contribution in [0.5, 0.6) is 0 Å². The lowest BCUT2D eigenvalue weighted by molar-refractivity contribution is -0.211. The van der Waals surface area contributed by atoms with Crippen LogP contribution in [-0.2, 0) is 47.6 Å². The van der Waals surface area contributed by atoms with E-state index in [0.29, 0.717) is 23.7 Å². The maximum Gasteiger partial charge on any atom is 0.327 e. The molecule has 0 aromatic carbocycles. The van der Waals surface area contributed by atoms with Crippen LogP contribution in [-0.4, -0.2) is 66.2 Å². The minimum absolute atomic E-state index is 0.0114. The van der Waals surface area contributed by atoms with Crippen LogP contribution in [0, 0.1) is 58.7 Å². The first-order valence-electron chi connectivity index (χ1n) is 17.5. The van der Waals surface area contributed by atoms with Gasteiger partial charge >= 0.3 is 23.9 Å². The molecular weight excluding hydrogens is 660 g/mol. The highest BCUT2D eigenvalue weighted by Gasteiger charge is 2.97. The highest BCUT2D eigenvalue weighted by atomic mass is 79.9. The molecule has 5 fully saturated rings. The van der Waals surface area contributed by atoms with Gasteiger partial charge in [0.2, 0.25) is 12.6 Å². The summed E-state index contributed by atoms with van der Waals surface area (Å²) in [6.07, 6.45) is 2.83. The van der Waals surface area contributed by atoms with Gasteiger partial charge < -0.3 is 28.4 Å². The molecule has 2 aliphatic heterocycles. The van der Waals surface area contributed by atoms with Crippen LogP contribution in [0.3, 0.4) is 0 Å². The van der Waals surface area contributed by atoms with Crippen LogP contribution in [0.25, 0.3) is 0 Å². The van der Waals surface area contributed by atoms with Gasteiger partial charge in [0.15, 0.2) is 5.92 Å². The summed E-state index contributed by atoms with van der Waals surface area (Å²) in [6.45, 7) is 16.3. The molecule has 5 aliphatic rings. The Hall–Kier alpha value is -1.72. The summed E-state index contributed by atoms with van der Waals surface area (Å²) in [6, 6.07) is 0. The number of carbonyl (C=O) groups is 4. The maximum atomic E-state index is 14.3. The maximum absolute atomic E-state index is 14.3. The molecule has 0 amide bonds. The Kier molecular flexibility index (Phi) is 10.6. The quantitative estimate of drug-likeness (QED) is 0.112. The Labute approximate surface area is 281 Å². The standard InChI is InChI=1S/C35H53BrO10/c1-9-41-28(37)25(29(38)42-10-2)26-30(43-23-15-19(7)11-13-21(23)17(3)4)45-32(39)34(26)27-31(46-33(40)35(27,34)36)44-24-16-20(8)12-14-22(24)18(5)6/h17-27,30-31H,9-16H2,1-8H3/t19-,20-,21+,22+,23-,24-,26+,27?,30-,31-,34?,35-/m1/s1. The van der Waals surface area contributed by atoms with Gasteiger partial charge in [0.1, 0.15) is 9.74 Å². The molecule has 10 nitrogen and oxygen atoms in total. The number of hydrogen-bond acceptors (Lipinski definition) is 10. The monoisotopic (exact) mass is 712 g/mol. The molecule has 260 valence electrons. The van der Waals surface area contributed by atoms with Crippen molar-refractivity contribution in [2.75, 3.05) is 13.2 Å². The Morgan fingerprint density at radius 1 is 0.783 bits per heavy atom. The molecule has 3 saturated carbocycles. The van der Waals surface area contributed by atoms with Crippen molar-refractivity contribution in [3.05, 3.63) is 0 Å². The third-order valence-electron chi connectivity index (χ3n) is 11.6. The second-order valence-electron chi connectivity index (χ2n) is 15.1. The first-order chi connectivity index (χ1) is 21.7. The van der Waals surface area contributed by atoms with E-state index in [1.54, 1.807) is 13.8 Å². The molecule has 5 rings (SSSR count). The Bertz CT molecular complexity index is 1160. The summed E-state index contributed by atoms with van der Waals surface area (Å²) < 4.78 is 34.5. The smallest absolute Gasteiger partial charge is 0.327 e. The second-order valence-corrected chi connectivity index (χ2v) is 16.4. The van der Waals surface area contributed by atoms with Gasteiger partial charge in [0.05, 0.1) is 37.3 Å². The van der Waals surface area contributed by atoms with E-state index in [1.807, 2.05) is 0 Å². The van der Waals surface area contributed by atoms with E-state index in [2.05, 4.69) is 57.5 Å². The summed E-state index contributed by atoms with van der Waals surface area (Å²) >= 11 is 3.63. The van der Waals surface area contributed by atoms with Gasteiger partial charge in [0, 0.05) is 0 Å². The van der Waals surface area contributed by atoms with Crippen molar-refractivity contribution in [3.63, 3.8) is 0 Å². The van der Waals surface area contributed by atoms with Crippen LogP contribution in [0.2, 0.25) is 0 Å². The fourth-order valence-electron chi connectivity index (χ4n) is 9.18. The SMILES string of the molecule is CCOC(=O)C(C(=O)OCC)[C@H]1[C@H](O[C@@H]2C[C@H](C)CC[C@H]2C(C)C)OC(=O)C12C1[C@H](O[C@@H]3C[C@H](C)CC[C@H]3C(C)C)OC(=O)[C@]12Br. The van der Waals surface area contributed by atoms with Gasteiger partial charge in [-0.15, -0.1) is 0 Å². The van der Waals surface area contributed by atoms with Crippen molar-refractivity contribution in [3.8, 4) is 0 Å². The minimum atomic E-state index is -1.66. The van der Waals surface area contributed by atoms with Crippen molar-refractivity contribution in [1.29, 1.82) is 0 Å². The first-order valence-corrected chi connectivity index (χ1v) is 18.3. The molecule has 11 heteroatoms. The van der Waals surface area contributed by atoms with Crippen molar-refractivity contribution in [2.45, 2.75) is 123 Å². The van der Waals surface area contributed by atoms with E-state index in [-0.39, 0.29) is 37.3 Å². The zero-order chi connectivity index (χ0) is 33.7. The molecule has 2 heterocycles. The summed E-state index contributed by atoms with van der Waals surface area (Å²) in [5.74, 6) is -4.78. The van der Waals surface area contributed by atoms with Gasteiger partial charge in [-0.2, -0.15) is 0 Å². The normalized spacial score (nSPS) is 41.9. The van der Waals surface area contributed by atoms with Gasteiger partial charge in [-0.1, -0.05) is 70.3 Å². The fraction of sp³-hybridized carbons (Fsp3) is 0.886. The molecule has 2 saturated heterocycles. The highest BCUT2D eigenvalue weighted by molar-refractivity contribution is 9.10. The topological polar surface area (TPSA) is 124 Å². The number of carbonyl (C=O) groups excluding carboxylic acids is 4. The van der Waals surface area contributed by atoms with Crippen molar-refractivity contribution in [1.82, 2.24) is 0 Å². The molecule has 0 N–H and O–H groups in total. The third kappa shape index (κ3) is 5.82. The summed E-state index contributed by atoms with van der Waals surface area (Å²) in [7, 11) is 0. The van der Waals surface area contributed by atoms with E-state index in [1.165, 1.54) is 0 Å². The molecule has 0 radical (unpaired) electrons. The number of alkyl halides is 1. The number of esters is 4. The third-order valence-corrected chi connectivity index (χ3v) is 13.1. The number of rotatable bonds is 11. The second kappa shape index (κ2) is 13.7. The molecule has 0 aromatic rings. The van der Waals surface area contributed by atoms with E-state index in [4.69, 9.17) is 28.4 Å². The van der Waals surface area contributed by atoms with E-state index in [0.717, 1.165) is 38.5 Å². The van der Waals surface area contributed by atoms with Crippen molar-refractivity contribution >= 4 is 39.8 Å². The lowest BCUT2D eigenvalue weighted by Gasteiger charge is -2.40. The zero-order valence-electron chi connectivity index (χ0n) is 28.6. The van der Waals surface area contributed by atoms with Gasteiger partial charge in [-0.05, 0) is 75.0 Å². The number of hydrogen-bond donors (Lipinski definition) is 0. The minimum Gasteiger partial charge on any atom is -0.465 e. The predicted octanol–water partition coefficient (Wildman–Crippen LogP) is 5.82. The lowest BCUT2D eigenvalue weighted by atomic mass is 9.74. The van der Waals surface area contributed by atoms with Gasteiger partial charge in [-0.3, -0.25) is 19.2 Å². The number of halogens is 1. The van der Waals surface area contributed by atoms with Crippen LogP contribution in [0.1, 0.15) is 93.9 Å². The molecule has 46 heavy (non-hydrogen) atoms. The first kappa shape index (κ1) is 35.6. The largest absolute Gasteiger partial charge is 0.465 e. The van der Waals surface area contributed by atoms with Gasteiger partial charge in [-0.25, -0.2) is 0 Å². The molecule has 0 bridgehead atoms. The number of fused-ring (bicyclic) bond motifs is 3. The van der Waals surface area contributed by atoms with Crippen LogP contribution >= 0.6 is 15.9 Å². The molecule has 1 spiro atoms. The van der Waals surface area contributed by atoms with E-state index < -0.39 is 64.0 Å². The van der Waals surface area contributed by atoms with E-state index >= 15 is 0 Å². The van der Waals surface area contributed by atoms with E-state index in [9.17, 15) is 19.2 Å². The zero-order valence-corrected chi connectivity index (χ0v) is 30.2. The summed E-state index contributed by atoms with van der Waals surface area (Å²) in [5.41, 5.74) is -1.66. The predicted molar refractivity (Wildman–Crippen MR) is 170 cm³/mol. The lowest BCUT2D eigenvalue weighted by Crippen LogP contribution is -2.49. The Morgan fingerprint density at radius 3 is 1.70 bits per heavy atom. The fourth-order valence-corrected chi connectivity index (χ4v) is 10.4. The molecule has 0 aromatic heterocycles. The van der Waals surface area contributed by atoms with Crippen molar-refractivity contribution in [2.24, 2.45) is 58.7 Å². The van der Waals surface area contributed by atoms with Crippen LogP contribution < -0.4 is 0 Å². The van der Waals surface area contributed by atoms with Crippen LogP contribution in [0.4, 0.5) is 0 Å². The molecule has 3 aliphatic carbocycles.